The molecule has 3 aromatic carbocycles. The number of thiophene rings is 1. The molecule has 3 heterocycles. The van der Waals surface area contributed by atoms with Crippen LogP contribution in [0.25, 0.3) is 42.7 Å². The van der Waals surface area contributed by atoms with E-state index in [1.807, 2.05) is 67.1 Å². The maximum absolute atomic E-state index is 4.61. The molecule has 0 saturated carbocycles. The van der Waals surface area contributed by atoms with Gasteiger partial charge in [-0.2, -0.15) is 11.3 Å². The van der Waals surface area contributed by atoms with Crippen molar-refractivity contribution < 1.29 is 20.1 Å². The van der Waals surface area contributed by atoms with Crippen LogP contribution in [0, 0.1) is 26.0 Å². The summed E-state index contributed by atoms with van der Waals surface area (Å²) in [5, 5.41) is 4.29. The number of aryl methyl sites for hydroxylation is 2. The summed E-state index contributed by atoms with van der Waals surface area (Å²) in [5.74, 6) is 0. The summed E-state index contributed by atoms with van der Waals surface area (Å²) in [5.41, 5.74) is 6.59. The molecule has 5 heteroatoms. The van der Waals surface area contributed by atoms with Crippen molar-refractivity contribution in [3.63, 3.8) is 0 Å². The third-order valence-corrected chi connectivity index (χ3v) is 9.53. The Morgan fingerprint density at radius 2 is 1.58 bits per heavy atom. The Labute approximate surface area is 244 Å². The number of pyridine rings is 2. The molecule has 0 aliphatic carbocycles. The van der Waals surface area contributed by atoms with Crippen LogP contribution in [0.3, 0.4) is 0 Å². The minimum absolute atomic E-state index is 0. The minimum atomic E-state index is -1.46. The Hall–Kier alpha value is -2.95. The molecule has 3 aromatic heterocycles. The molecule has 6 rings (SSSR count). The fourth-order valence-electron chi connectivity index (χ4n) is 4.41. The number of fused-ring (bicyclic) bond motifs is 3. The largest absolute Gasteiger partial charge is 0.305 e. The van der Waals surface area contributed by atoms with Gasteiger partial charge in [0.15, 0.2) is 0 Å². The molecule has 38 heavy (non-hydrogen) atoms. The zero-order valence-corrected chi connectivity index (χ0v) is 26.5. The maximum Gasteiger partial charge on any atom is 0.0300 e. The van der Waals surface area contributed by atoms with Gasteiger partial charge < -0.3 is 9.97 Å². The Bertz CT molecular complexity index is 1670. The van der Waals surface area contributed by atoms with Crippen LogP contribution in [-0.4, -0.2) is 18.0 Å². The van der Waals surface area contributed by atoms with Crippen LogP contribution in [-0.2, 0) is 20.1 Å². The first kappa shape index (κ1) is 28.1. The van der Waals surface area contributed by atoms with Gasteiger partial charge in [-0.3, -0.25) is 0 Å². The molecule has 0 fully saturated rings. The summed E-state index contributed by atoms with van der Waals surface area (Å²) in [4.78, 5) is 8.93. The molecule has 193 valence electrons. The van der Waals surface area contributed by atoms with Crippen LogP contribution in [0.15, 0.2) is 91.3 Å². The average molecular weight is 707 g/mol. The van der Waals surface area contributed by atoms with Crippen molar-refractivity contribution in [1.82, 2.24) is 9.97 Å². The molecule has 0 N–H and O–H groups in total. The van der Waals surface area contributed by atoms with E-state index in [0.29, 0.717) is 0 Å². The van der Waals surface area contributed by atoms with Gasteiger partial charge in [0.25, 0.3) is 0 Å². The van der Waals surface area contributed by atoms with E-state index < -0.39 is 8.07 Å². The quantitative estimate of drug-likeness (QED) is 0.136. The van der Waals surface area contributed by atoms with E-state index >= 15 is 0 Å². The van der Waals surface area contributed by atoms with Crippen LogP contribution in [0.1, 0.15) is 11.1 Å². The molecule has 0 unspecified atom stereocenters. The Morgan fingerprint density at radius 1 is 0.789 bits per heavy atom. The summed E-state index contributed by atoms with van der Waals surface area (Å²) in [7, 11) is -1.46. The van der Waals surface area contributed by atoms with E-state index in [2.05, 4.69) is 91.1 Å². The Balaban J connectivity index is 0.000000204. The van der Waals surface area contributed by atoms with E-state index in [0.717, 1.165) is 22.5 Å². The zero-order chi connectivity index (χ0) is 26.0. The van der Waals surface area contributed by atoms with Gasteiger partial charge in [0, 0.05) is 45.3 Å². The molecular weight excluding hydrogens is 677 g/mol. The van der Waals surface area contributed by atoms with Gasteiger partial charge in [0.2, 0.25) is 0 Å². The van der Waals surface area contributed by atoms with Crippen LogP contribution in [0.2, 0.25) is 19.6 Å². The number of aromatic nitrogens is 2. The van der Waals surface area contributed by atoms with Crippen molar-refractivity contribution in [3.05, 3.63) is 115 Å². The summed E-state index contributed by atoms with van der Waals surface area (Å²) in [6, 6.07) is 33.8. The van der Waals surface area contributed by atoms with Gasteiger partial charge >= 0.3 is 0 Å². The summed E-state index contributed by atoms with van der Waals surface area (Å²) < 4.78 is 2.68. The van der Waals surface area contributed by atoms with Crippen LogP contribution >= 0.6 is 11.3 Å². The molecular formula is C33H30IrN2SSi-2. The molecule has 0 aliphatic heterocycles. The predicted molar refractivity (Wildman–Crippen MR) is 162 cm³/mol. The fourth-order valence-corrected chi connectivity index (χ4v) is 7.24. The topological polar surface area (TPSA) is 25.8 Å². The molecule has 0 aliphatic rings. The van der Waals surface area contributed by atoms with E-state index in [-0.39, 0.29) is 20.1 Å². The number of nitrogens with zero attached hydrogens (tertiary/aromatic N) is 2. The van der Waals surface area contributed by atoms with E-state index in [1.54, 1.807) is 0 Å². The van der Waals surface area contributed by atoms with Crippen LogP contribution in [0.4, 0.5) is 0 Å². The number of rotatable bonds is 3. The summed E-state index contributed by atoms with van der Waals surface area (Å²) in [6.07, 6.45) is 3.76. The standard InChI is InChI=1S/C21H20NSSi.C12H10N.Ir/c1-14-11-12-22-17(13-14)15-9-10-19(24(2,3)4)20-16-7-5-6-8-18(16)23-21(15)20;1-10-7-8-12(13-9-10)11-5-3-2-4-6-11;/h5-8,10-13H,1-4H3;2-5,7-9H,1H3;/q2*-1;. The van der Waals surface area contributed by atoms with Crippen molar-refractivity contribution in [3.8, 4) is 22.5 Å². The normalized spacial score (nSPS) is 11.1. The van der Waals surface area contributed by atoms with Gasteiger partial charge in [0.05, 0.1) is 0 Å². The molecule has 0 spiro atoms. The Morgan fingerprint density at radius 3 is 2.26 bits per heavy atom. The SMILES string of the molecule is Cc1ccc(-c2[c-]cccc2)nc1.Cc1ccnc(-c2[c-]cc([Si](C)(C)C)c3c2sc2ccccc23)c1.[Ir]. The van der Waals surface area contributed by atoms with Gasteiger partial charge in [-0.1, -0.05) is 67.0 Å². The van der Waals surface area contributed by atoms with Crippen molar-refractivity contribution in [2.75, 3.05) is 0 Å². The van der Waals surface area contributed by atoms with Crippen molar-refractivity contribution in [2.45, 2.75) is 33.5 Å². The average Bonchev–Trinajstić information content (AvgIpc) is 3.28. The maximum atomic E-state index is 4.61. The van der Waals surface area contributed by atoms with Gasteiger partial charge in [-0.05, 0) is 53.0 Å². The third-order valence-electron chi connectivity index (χ3n) is 6.33. The first-order chi connectivity index (χ1) is 17.8. The monoisotopic (exact) mass is 707 g/mol. The molecule has 1 radical (unpaired) electrons. The van der Waals surface area contributed by atoms with Crippen LogP contribution < -0.4 is 5.19 Å². The molecule has 6 aromatic rings. The first-order valence-corrected chi connectivity index (χ1v) is 16.8. The second-order valence-corrected chi connectivity index (χ2v) is 16.4. The first-order valence-electron chi connectivity index (χ1n) is 12.5. The smallest absolute Gasteiger partial charge is 0.0300 e. The Kier molecular flexibility index (Phi) is 8.74. The van der Waals surface area contributed by atoms with Crippen molar-refractivity contribution in [1.29, 1.82) is 0 Å². The van der Waals surface area contributed by atoms with E-state index in [1.165, 1.54) is 36.5 Å². The molecule has 0 saturated heterocycles. The second kappa shape index (κ2) is 11.8. The molecule has 0 bridgehead atoms. The fraction of sp³-hybridized carbons (Fsp3) is 0.152. The summed E-state index contributed by atoms with van der Waals surface area (Å²) >= 11 is 1.87. The van der Waals surface area contributed by atoms with Crippen molar-refractivity contribution in [2.24, 2.45) is 0 Å². The molecule has 0 amide bonds. The second-order valence-electron chi connectivity index (χ2n) is 10.3. The van der Waals surface area contributed by atoms with Gasteiger partial charge in [-0.25, -0.2) is 0 Å². The van der Waals surface area contributed by atoms with Crippen molar-refractivity contribution >= 4 is 44.8 Å². The molecule has 2 nitrogen and oxygen atoms in total. The van der Waals surface area contributed by atoms with Crippen LogP contribution in [0.5, 0.6) is 0 Å². The van der Waals surface area contributed by atoms with E-state index in [4.69, 9.17) is 0 Å². The predicted octanol–water partition coefficient (Wildman–Crippen LogP) is 8.63. The zero-order valence-electron chi connectivity index (χ0n) is 22.3. The number of hydrogen-bond donors (Lipinski definition) is 0. The number of hydrogen-bond acceptors (Lipinski definition) is 3. The van der Waals surface area contributed by atoms with Gasteiger partial charge in [-0.15, -0.1) is 58.8 Å². The minimum Gasteiger partial charge on any atom is -0.305 e. The summed E-state index contributed by atoms with van der Waals surface area (Å²) in [6.45, 7) is 11.4. The molecule has 0 atom stereocenters. The number of benzene rings is 3. The third kappa shape index (κ3) is 6.03. The van der Waals surface area contributed by atoms with E-state index in [9.17, 15) is 0 Å². The van der Waals surface area contributed by atoms with Gasteiger partial charge in [0.1, 0.15) is 0 Å².